The molecule has 9 nitrogen and oxygen atoms in total. The van der Waals surface area contributed by atoms with Crippen molar-refractivity contribution >= 4 is 10.9 Å². The van der Waals surface area contributed by atoms with Crippen LogP contribution >= 0.6 is 0 Å². The van der Waals surface area contributed by atoms with Crippen LogP contribution in [0.5, 0.6) is 0 Å². The fourth-order valence-electron chi connectivity index (χ4n) is 6.66. The molecule has 0 atom stereocenters. The molecule has 45 heavy (non-hydrogen) atoms. The van der Waals surface area contributed by atoms with Crippen molar-refractivity contribution in [1.29, 1.82) is 5.26 Å². The lowest BCUT2D eigenvalue weighted by Gasteiger charge is -2.25. The highest BCUT2D eigenvalue weighted by atomic mass is 19.3. The van der Waals surface area contributed by atoms with Crippen molar-refractivity contribution < 1.29 is 8.78 Å². The number of piperidine rings is 1. The molecule has 0 spiro atoms. The first-order valence-corrected chi connectivity index (χ1v) is 15.7. The monoisotopic (exact) mass is 606 g/mol. The Morgan fingerprint density at radius 1 is 1.00 bits per heavy atom. The summed E-state index contributed by atoms with van der Waals surface area (Å²) < 4.78 is 30.2. The maximum atomic E-state index is 14.2. The number of nitrogens with zero attached hydrogens (tertiary/aromatic N) is 7. The molecule has 3 aliphatic rings. The Balaban J connectivity index is 1.28. The number of pyridine rings is 2. The first-order chi connectivity index (χ1) is 22.0. The van der Waals surface area contributed by atoms with Crippen molar-refractivity contribution in [2.24, 2.45) is 0 Å². The number of fused-ring (bicyclic) bond motifs is 1. The summed E-state index contributed by atoms with van der Waals surface area (Å²) in [7, 11) is 0. The van der Waals surface area contributed by atoms with Gasteiger partial charge in [0.25, 0.3) is 5.56 Å². The van der Waals surface area contributed by atoms with Gasteiger partial charge in [-0.05, 0) is 105 Å². The quantitative estimate of drug-likeness (QED) is 0.212. The lowest BCUT2D eigenvalue weighted by atomic mass is 9.96. The smallest absolute Gasteiger partial charge is 0.321 e. The van der Waals surface area contributed by atoms with Crippen LogP contribution in [0.4, 0.5) is 8.78 Å². The largest absolute Gasteiger partial charge is 0.353 e. The zero-order valence-electron chi connectivity index (χ0n) is 24.7. The summed E-state index contributed by atoms with van der Waals surface area (Å²) in [6, 6.07) is 13.0. The van der Waals surface area contributed by atoms with Crippen LogP contribution in [0.15, 0.2) is 53.7 Å². The highest BCUT2D eigenvalue weighted by Gasteiger charge is 2.30. The molecular weight excluding hydrogens is 574 g/mol. The van der Waals surface area contributed by atoms with Crippen molar-refractivity contribution in [3.05, 3.63) is 81.8 Å². The van der Waals surface area contributed by atoms with Gasteiger partial charge < -0.3 is 4.98 Å². The molecule has 4 aromatic heterocycles. The van der Waals surface area contributed by atoms with Crippen LogP contribution in [0, 0.1) is 11.3 Å². The number of nitrogens with one attached hydrogen (secondary N) is 1. The van der Waals surface area contributed by atoms with Crippen LogP contribution in [0.25, 0.3) is 39.2 Å². The molecule has 8 rings (SSSR count). The highest BCUT2D eigenvalue weighted by molar-refractivity contribution is 5.85. The second-order valence-corrected chi connectivity index (χ2v) is 12.6. The zero-order valence-corrected chi connectivity index (χ0v) is 24.7. The number of alkyl halides is 2. The molecular formula is C34H32F2N8O. The van der Waals surface area contributed by atoms with E-state index < -0.39 is 6.55 Å². The molecule has 0 bridgehead atoms. The summed E-state index contributed by atoms with van der Waals surface area (Å²) in [4.78, 5) is 25.1. The SMILES string of the molecule is N#Cc1ccc(-c2cc(C3CC3)nc(-n3cc(C4CC4)c4cc(CN5CCCCC5)[nH]c4c3=O)c2)c(-c2nncn2C(F)F)c1. The van der Waals surface area contributed by atoms with E-state index in [1.807, 2.05) is 18.3 Å². The van der Waals surface area contributed by atoms with E-state index in [9.17, 15) is 18.8 Å². The topological polar surface area (TPSA) is 108 Å². The van der Waals surface area contributed by atoms with Gasteiger partial charge >= 0.3 is 6.55 Å². The van der Waals surface area contributed by atoms with Crippen LogP contribution < -0.4 is 5.56 Å². The summed E-state index contributed by atoms with van der Waals surface area (Å²) in [5.41, 5.74) is 5.47. The summed E-state index contributed by atoms with van der Waals surface area (Å²) in [6.45, 7) is 0.0829. The number of hydrogen-bond acceptors (Lipinski definition) is 6. The fraction of sp³-hybridized carbons (Fsp3) is 0.382. The lowest BCUT2D eigenvalue weighted by molar-refractivity contribution is 0.0716. The summed E-state index contributed by atoms with van der Waals surface area (Å²) in [6.07, 6.45) is 10.8. The number of likely N-dealkylation sites (tertiary alicyclic amines) is 1. The van der Waals surface area contributed by atoms with E-state index in [2.05, 4.69) is 32.2 Å². The number of nitriles is 1. The third-order valence-electron chi connectivity index (χ3n) is 9.30. The van der Waals surface area contributed by atoms with Crippen LogP contribution in [-0.4, -0.2) is 47.3 Å². The average Bonchev–Trinajstić information content (AvgIpc) is 3.99. The summed E-state index contributed by atoms with van der Waals surface area (Å²) in [5.74, 6) is 1.11. The number of H-pyrrole nitrogens is 1. The normalized spacial score (nSPS) is 17.3. The van der Waals surface area contributed by atoms with Gasteiger partial charge in [0, 0.05) is 41.0 Å². The van der Waals surface area contributed by atoms with Crippen LogP contribution in [0.2, 0.25) is 0 Å². The Morgan fingerprint density at radius 3 is 2.53 bits per heavy atom. The molecule has 3 fully saturated rings. The Hall–Kier alpha value is -4.69. The van der Waals surface area contributed by atoms with Crippen molar-refractivity contribution in [1.82, 2.24) is 34.2 Å². The Morgan fingerprint density at radius 2 is 1.80 bits per heavy atom. The predicted molar refractivity (Wildman–Crippen MR) is 165 cm³/mol. The first-order valence-electron chi connectivity index (χ1n) is 15.7. The maximum Gasteiger partial charge on any atom is 0.321 e. The molecule has 5 aromatic rings. The van der Waals surface area contributed by atoms with Crippen LogP contribution in [0.1, 0.15) is 85.8 Å². The molecule has 2 aliphatic carbocycles. The first kappa shape index (κ1) is 27.8. The minimum atomic E-state index is -2.85. The number of benzene rings is 1. The Bertz CT molecular complexity index is 2020. The van der Waals surface area contributed by atoms with E-state index in [0.717, 1.165) is 74.0 Å². The minimum absolute atomic E-state index is 0.0364. The number of rotatable bonds is 8. The van der Waals surface area contributed by atoms with Gasteiger partial charge in [0.15, 0.2) is 5.82 Å². The van der Waals surface area contributed by atoms with Crippen LogP contribution in [0.3, 0.4) is 0 Å². The van der Waals surface area contributed by atoms with Crippen molar-refractivity contribution in [2.75, 3.05) is 13.1 Å². The molecule has 1 saturated heterocycles. The predicted octanol–water partition coefficient (Wildman–Crippen LogP) is 6.65. The van der Waals surface area contributed by atoms with E-state index in [0.29, 0.717) is 44.1 Å². The van der Waals surface area contributed by atoms with Crippen molar-refractivity contribution in [3.63, 3.8) is 0 Å². The molecule has 1 aliphatic heterocycles. The lowest BCUT2D eigenvalue weighted by Crippen LogP contribution is -2.29. The molecule has 0 amide bonds. The molecule has 11 heteroatoms. The molecule has 2 saturated carbocycles. The van der Waals surface area contributed by atoms with Gasteiger partial charge in [-0.25, -0.2) is 4.98 Å². The average molecular weight is 607 g/mol. The number of aromatic nitrogens is 6. The van der Waals surface area contributed by atoms with Crippen molar-refractivity contribution in [2.45, 2.75) is 69.9 Å². The second kappa shape index (κ2) is 11.0. The van der Waals surface area contributed by atoms with Gasteiger partial charge in [0.1, 0.15) is 17.7 Å². The molecule has 0 radical (unpaired) electrons. The van der Waals surface area contributed by atoms with E-state index in [1.165, 1.54) is 19.3 Å². The number of hydrogen-bond donors (Lipinski definition) is 1. The highest BCUT2D eigenvalue weighted by Crippen LogP contribution is 2.44. The Labute approximate surface area is 258 Å². The molecule has 1 N–H and O–H groups in total. The maximum absolute atomic E-state index is 14.2. The van der Waals surface area contributed by atoms with Gasteiger partial charge in [-0.15, -0.1) is 10.2 Å². The second-order valence-electron chi connectivity index (χ2n) is 12.6. The number of halogens is 2. The van der Waals surface area contributed by atoms with E-state index in [-0.39, 0.29) is 17.3 Å². The fourth-order valence-corrected chi connectivity index (χ4v) is 6.66. The summed E-state index contributed by atoms with van der Waals surface area (Å²) >= 11 is 0. The molecule has 5 heterocycles. The van der Waals surface area contributed by atoms with Gasteiger partial charge in [-0.3, -0.25) is 18.8 Å². The number of aromatic amines is 1. The van der Waals surface area contributed by atoms with Gasteiger partial charge in [0.2, 0.25) is 0 Å². The van der Waals surface area contributed by atoms with Gasteiger partial charge in [-0.2, -0.15) is 14.0 Å². The summed E-state index contributed by atoms with van der Waals surface area (Å²) in [5, 5.41) is 18.3. The third kappa shape index (κ3) is 5.23. The van der Waals surface area contributed by atoms with Crippen molar-refractivity contribution in [3.8, 4) is 34.4 Å². The van der Waals surface area contributed by atoms with Gasteiger partial charge in [0.05, 0.1) is 11.6 Å². The zero-order chi connectivity index (χ0) is 30.7. The van der Waals surface area contributed by atoms with Gasteiger partial charge in [-0.1, -0.05) is 12.5 Å². The van der Waals surface area contributed by atoms with E-state index in [4.69, 9.17) is 4.98 Å². The molecule has 228 valence electrons. The Kier molecular flexibility index (Phi) is 6.82. The minimum Gasteiger partial charge on any atom is -0.353 e. The molecule has 1 aromatic carbocycles. The van der Waals surface area contributed by atoms with E-state index in [1.54, 1.807) is 22.8 Å². The van der Waals surface area contributed by atoms with Crippen LogP contribution in [-0.2, 0) is 6.54 Å². The third-order valence-corrected chi connectivity index (χ3v) is 9.30. The standard InChI is InChI=1S/C34H32F2N8O/c35-34(36)44-19-38-41-32(44)27-12-20(16-37)4-9-25(27)23-13-29(22-7-8-22)40-30(14-23)43-18-28(21-5-6-21)26-15-24(39-31(26)33(43)45)17-42-10-2-1-3-11-42/h4,9,12-15,18-19,21-22,34,39H,1-3,5-8,10-11,17H2. The molecule has 0 unspecified atom stereocenters. The van der Waals surface area contributed by atoms with E-state index >= 15 is 0 Å².